The molecule has 0 aliphatic carbocycles. The summed E-state index contributed by atoms with van der Waals surface area (Å²) in [5.41, 5.74) is 0.829. The molecule has 1 aromatic rings. The molecule has 18 heavy (non-hydrogen) atoms. The molecule has 0 radical (unpaired) electrons. The quantitative estimate of drug-likeness (QED) is 0.805. The zero-order valence-corrected chi connectivity index (χ0v) is 12.0. The summed E-state index contributed by atoms with van der Waals surface area (Å²) >= 11 is 0. The van der Waals surface area contributed by atoms with Gasteiger partial charge in [0.25, 0.3) is 0 Å². The first-order chi connectivity index (χ1) is 8.30. The summed E-state index contributed by atoms with van der Waals surface area (Å²) in [5, 5.41) is 6.10. The zero-order chi connectivity index (χ0) is 13.8. The number of sulfone groups is 1. The van der Waals surface area contributed by atoms with E-state index in [2.05, 4.69) is 20.6 Å². The Bertz CT molecular complexity index is 502. The lowest BCUT2D eigenvalue weighted by molar-refractivity contribution is 0.598. The van der Waals surface area contributed by atoms with Crippen molar-refractivity contribution in [1.29, 1.82) is 0 Å². The largest absolute Gasteiger partial charge is 0.366 e. The fourth-order valence-corrected chi connectivity index (χ4v) is 2.62. The Labute approximate surface area is 108 Å². The van der Waals surface area contributed by atoms with Crippen LogP contribution in [0.2, 0.25) is 0 Å². The molecule has 1 rings (SSSR count). The van der Waals surface area contributed by atoms with Crippen molar-refractivity contribution >= 4 is 21.6 Å². The molecule has 0 amide bonds. The maximum atomic E-state index is 11.2. The molecule has 0 spiro atoms. The molecule has 2 N–H and O–H groups in total. The third kappa shape index (κ3) is 5.31. The van der Waals surface area contributed by atoms with Crippen molar-refractivity contribution in [3.05, 3.63) is 11.8 Å². The van der Waals surface area contributed by atoms with Crippen LogP contribution in [0.15, 0.2) is 6.07 Å². The minimum Gasteiger partial charge on any atom is -0.366 e. The van der Waals surface area contributed by atoms with Gasteiger partial charge >= 0.3 is 0 Å². The average Bonchev–Trinajstić information content (AvgIpc) is 2.12. The molecule has 6 nitrogen and oxygen atoms in total. The number of rotatable bonds is 6. The summed E-state index contributed by atoms with van der Waals surface area (Å²) in [6.07, 6.45) is 1.22. The Balaban J connectivity index is 2.77. The molecule has 0 aromatic carbocycles. The van der Waals surface area contributed by atoms with Crippen LogP contribution in [0, 0.1) is 6.92 Å². The van der Waals surface area contributed by atoms with Crippen LogP contribution in [-0.4, -0.2) is 43.0 Å². The summed E-state index contributed by atoms with van der Waals surface area (Å²) in [7, 11) is -3.00. The van der Waals surface area contributed by atoms with Crippen LogP contribution in [0.4, 0.5) is 11.8 Å². The molecule has 0 saturated heterocycles. The van der Waals surface area contributed by atoms with Crippen molar-refractivity contribution in [3.63, 3.8) is 0 Å². The first kappa shape index (κ1) is 14.7. The molecule has 0 fully saturated rings. The second kappa shape index (κ2) is 5.99. The van der Waals surface area contributed by atoms with Crippen LogP contribution < -0.4 is 10.6 Å². The topological polar surface area (TPSA) is 84.0 Å². The standard InChI is InChI=1S/C11H20N4O2S/c1-5-12-11-14-8(2)6-10(15-11)13-9(3)7-18(4,16)17/h6,9H,5,7H2,1-4H3,(H2,12,13,14,15). The summed E-state index contributed by atoms with van der Waals surface area (Å²) in [6.45, 7) is 6.38. The normalized spacial score (nSPS) is 13.1. The number of nitrogens with one attached hydrogen (secondary N) is 2. The van der Waals surface area contributed by atoms with Crippen molar-refractivity contribution in [1.82, 2.24) is 9.97 Å². The van der Waals surface area contributed by atoms with E-state index in [4.69, 9.17) is 0 Å². The smallest absolute Gasteiger partial charge is 0.224 e. The lowest BCUT2D eigenvalue weighted by atomic mass is 10.3. The highest BCUT2D eigenvalue weighted by Gasteiger charge is 2.11. The highest BCUT2D eigenvalue weighted by atomic mass is 32.2. The molecule has 0 saturated carbocycles. The molecule has 0 aliphatic heterocycles. The maximum Gasteiger partial charge on any atom is 0.224 e. The van der Waals surface area contributed by atoms with E-state index in [1.54, 1.807) is 6.07 Å². The highest BCUT2D eigenvalue weighted by molar-refractivity contribution is 7.90. The van der Waals surface area contributed by atoms with Crippen LogP contribution in [0.5, 0.6) is 0 Å². The molecule has 1 unspecified atom stereocenters. The molecule has 1 atom stereocenters. The van der Waals surface area contributed by atoms with E-state index < -0.39 is 9.84 Å². The molecule has 0 bridgehead atoms. The number of aryl methyl sites for hydroxylation is 1. The summed E-state index contributed by atoms with van der Waals surface area (Å²) in [6, 6.07) is 1.60. The van der Waals surface area contributed by atoms with Gasteiger partial charge in [0, 0.05) is 30.6 Å². The predicted molar refractivity (Wildman–Crippen MR) is 73.7 cm³/mol. The Morgan fingerprint density at radius 2 is 2.06 bits per heavy atom. The van der Waals surface area contributed by atoms with E-state index >= 15 is 0 Å². The number of nitrogens with zero attached hydrogens (tertiary/aromatic N) is 2. The monoisotopic (exact) mass is 272 g/mol. The van der Waals surface area contributed by atoms with E-state index in [0.717, 1.165) is 12.2 Å². The molecule has 1 heterocycles. The summed E-state index contributed by atoms with van der Waals surface area (Å²) in [4.78, 5) is 8.49. The van der Waals surface area contributed by atoms with Gasteiger partial charge in [-0.05, 0) is 20.8 Å². The third-order valence-electron chi connectivity index (χ3n) is 2.14. The van der Waals surface area contributed by atoms with Crippen molar-refractivity contribution in [2.75, 3.05) is 29.2 Å². The van der Waals surface area contributed by atoms with Gasteiger partial charge in [0.05, 0.1) is 5.75 Å². The van der Waals surface area contributed by atoms with Gasteiger partial charge in [-0.1, -0.05) is 0 Å². The van der Waals surface area contributed by atoms with Crippen molar-refractivity contribution in [2.45, 2.75) is 26.8 Å². The molecule has 102 valence electrons. The first-order valence-corrected chi connectivity index (χ1v) is 7.90. The molecular formula is C11H20N4O2S. The van der Waals surface area contributed by atoms with Gasteiger partial charge in [0.2, 0.25) is 5.95 Å². The van der Waals surface area contributed by atoms with E-state index in [9.17, 15) is 8.42 Å². The second-order valence-electron chi connectivity index (χ2n) is 4.39. The van der Waals surface area contributed by atoms with Gasteiger partial charge in [-0.15, -0.1) is 0 Å². The van der Waals surface area contributed by atoms with E-state index in [0.29, 0.717) is 11.8 Å². The van der Waals surface area contributed by atoms with Crippen molar-refractivity contribution in [2.24, 2.45) is 0 Å². The first-order valence-electron chi connectivity index (χ1n) is 5.84. The van der Waals surface area contributed by atoms with E-state index in [1.165, 1.54) is 6.26 Å². The highest BCUT2D eigenvalue weighted by Crippen LogP contribution is 2.11. The van der Waals surface area contributed by atoms with Gasteiger partial charge in [-0.2, -0.15) is 4.98 Å². The summed E-state index contributed by atoms with van der Waals surface area (Å²) < 4.78 is 22.4. The van der Waals surface area contributed by atoms with Gasteiger partial charge in [-0.3, -0.25) is 0 Å². The number of hydrogen-bond acceptors (Lipinski definition) is 6. The van der Waals surface area contributed by atoms with Crippen molar-refractivity contribution < 1.29 is 8.42 Å². The second-order valence-corrected chi connectivity index (χ2v) is 6.57. The summed E-state index contributed by atoms with van der Waals surface area (Å²) in [5.74, 6) is 1.26. The Morgan fingerprint density at radius 1 is 1.39 bits per heavy atom. The molecule has 1 aromatic heterocycles. The fraction of sp³-hybridized carbons (Fsp3) is 0.636. The Morgan fingerprint density at radius 3 is 2.61 bits per heavy atom. The minimum atomic E-state index is -3.00. The van der Waals surface area contributed by atoms with Crippen molar-refractivity contribution in [3.8, 4) is 0 Å². The van der Waals surface area contributed by atoms with Gasteiger partial charge in [0.15, 0.2) is 0 Å². The molecule has 0 aliphatic rings. The SMILES string of the molecule is CCNc1nc(C)cc(NC(C)CS(C)(=O)=O)n1. The van der Waals surface area contributed by atoms with Gasteiger partial charge in [-0.25, -0.2) is 13.4 Å². The third-order valence-corrected chi connectivity index (χ3v) is 3.24. The van der Waals surface area contributed by atoms with Crippen LogP contribution in [0.3, 0.4) is 0 Å². The molecular weight excluding hydrogens is 252 g/mol. The maximum absolute atomic E-state index is 11.2. The van der Waals surface area contributed by atoms with Crippen LogP contribution >= 0.6 is 0 Å². The van der Waals surface area contributed by atoms with Gasteiger partial charge in [0.1, 0.15) is 15.7 Å². The number of aromatic nitrogens is 2. The van der Waals surface area contributed by atoms with E-state index in [-0.39, 0.29) is 11.8 Å². The van der Waals surface area contributed by atoms with Crippen LogP contribution in [0.1, 0.15) is 19.5 Å². The molecule has 7 heteroatoms. The zero-order valence-electron chi connectivity index (χ0n) is 11.2. The van der Waals surface area contributed by atoms with Gasteiger partial charge < -0.3 is 10.6 Å². The Hall–Kier alpha value is -1.37. The van der Waals surface area contributed by atoms with E-state index in [1.807, 2.05) is 20.8 Å². The number of hydrogen-bond donors (Lipinski definition) is 2. The van der Waals surface area contributed by atoms with Crippen LogP contribution in [0.25, 0.3) is 0 Å². The lowest BCUT2D eigenvalue weighted by Gasteiger charge is -2.14. The fourth-order valence-electron chi connectivity index (χ4n) is 1.63. The average molecular weight is 272 g/mol. The van der Waals surface area contributed by atoms with Crippen LogP contribution in [-0.2, 0) is 9.84 Å². The Kier molecular flexibility index (Phi) is 4.89. The lowest BCUT2D eigenvalue weighted by Crippen LogP contribution is -2.25. The predicted octanol–water partition coefficient (Wildman–Crippen LogP) is 1.06. The minimum absolute atomic E-state index is 0.0760. The number of anilines is 2.